The highest BCUT2D eigenvalue weighted by molar-refractivity contribution is 5.25. The van der Waals surface area contributed by atoms with Crippen molar-refractivity contribution in [1.82, 2.24) is 15.4 Å². The third-order valence-corrected chi connectivity index (χ3v) is 4.06. The van der Waals surface area contributed by atoms with Crippen LogP contribution in [0.5, 0.6) is 0 Å². The van der Waals surface area contributed by atoms with E-state index in [4.69, 9.17) is 17.2 Å². The van der Waals surface area contributed by atoms with E-state index >= 15 is 0 Å². The first-order valence-corrected chi connectivity index (χ1v) is 8.83. The van der Waals surface area contributed by atoms with Crippen molar-refractivity contribution in [3.8, 4) is 0 Å². The zero-order valence-electron chi connectivity index (χ0n) is 16.3. The Morgan fingerprint density at radius 3 is 1.29 bits per heavy atom. The Morgan fingerprint density at radius 2 is 0.958 bits per heavy atom. The molecule has 1 rings (SSSR count). The lowest BCUT2D eigenvalue weighted by atomic mass is 9.90. The Balaban J connectivity index is 3.03. The molecule has 24 heavy (non-hydrogen) atoms. The monoisotopic (exact) mass is 336 g/mol. The van der Waals surface area contributed by atoms with E-state index in [-0.39, 0.29) is 16.6 Å². The largest absolute Gasteiger partial charge is 0.326 e. The lowest BCUT2D eigenvalue weighted by Gasteiger charge is -2.23. The summed E-state index contributed by atoms with van der Waals surface area (Å²) in [6.07, 6.45) is 5.04. The van der Waals surface area contributed by atoms with Gasteiger partial charge in [-0.15, -0.1) is 10.2 Å². The van der Waals surface area contributed by atoms with Gasteiger partial charge in [0.15, 0.2) is 0 Å². The number of hydrogen-bond donors (Lipinski definition) is 3. The Hall–Kier alpha value is -1.11. The molecule has 0 radical (unpaired) electrons. The molecule has 0 aromatic carbocycles. The molecule has 6 nitrogen and oxygen atoms in total. The highest BCUT2D eigenvalue weighted by Crippen LogP contribution is 2.21. The van der Waals surface area contributed by atoms with Crippen LogP contribution in [-0.4, -0.2) is 32.0 Å². The fraction of sp³-hybridized carbons (Fsp3) is 0.833. The summed E-state index contributed by atoms with van der Waals surface area (Å²) in [6, 6.07) is 0. The van der Waals surface area contributed by atoms with E-state index in [1.165, 1.54) is 5.56 Å². The summed E-state index contributed by atoms with van der Waals surface area (Å²) in [4.78, 5) is 0. The molecule has 138 valence electrons. The SMILES string of the molecule is CC(C)(N)CCc1nnnc(CCC(C)(C)N)c1CCC(C)(C)N. The van der Waals surface area contributed by atoms with Gasteiger partial charge in [0.25, 0.3) is 0 Å². The summed E-state index contributed by atoms with van der Waals surface area (Å²) in [5.41, 5.74) is 20.9. The van der Waals surface area contributed by atoms with Crippen molar-refractivity contribution in [1.29, 1.82) is 0 Å². The predicted octanol–water partition coefficient (Wildman–Crippen LogP) is 1.88. The Labute approximate surface area is 147 Å². The smallest absolute Gasteiger partial charge is 0.0700 e. The number of rotatable bonds is 9. The molecule has 0 aliphatic rings. The lowest BCUT2D eigenvalue weighted by Crippen LogP contribution is -2.34. The van der Waals surface area contributed by atoms with E-state index in [1.54, 1.807) is 0 Å². The predicted molar refractivity (Wildman–Crippen MR) is 99.6 cm³/mol. The third-order valence-electron chi connectivity index (χ3n) is 4.06. The van der Waals surface area contributed by atoms with E-state index in [9.17, 15) is 0 Å². The fourth-order valence-electron chi connectivity index (χ4n) is 2.44. The number of aromatic nitrogens is 3. The first kappa shape index (κ1) is 20.9. The van der Waals surface area contributed by atoms with Crippen molar-refractivity contribution in [2.45, 2.75) is 96.7 Å². The minimum Gasteiger partial charge on any atom is -0.326 e. The quantitative estimate of drug-likeness (QED) is 0.634. The number of nitrogens with zero attached hydrogens (tertiary/aromatic N) is 3. The molecule has 0 saturated carbocycles. The Kier molecular flexibility index (Phi) is 6.84. The molecule has 1 heterocycles. The average molecular weight is 337 g/mol. The lowest BCUT2D eigenvalue weighted by molar-refractivity contribution is 0.452. The average Bonchev–Trinajstić information content (AvgIpc) is 2.38. The standard InChI is InChI=1S/C18H36N6/c1-16(2,19)10-7-13-14(8-11-17(3,4)20)22-24-23-15(13)9-12-18(5,6)21/h7-12,19-21H2,1-6H3. The van der Waals surface area contributed by atoms with Gasteiger partial charge >= 0.3 is 0 Å². The molecular formula is C18H36N6. The summed E-state index contributed by atoms with van der Waals surface area (Å²) < 4.78 is 0. The summed E-state index contributed by atoms with van der Waals surface area (Å²) in [7, 11) is 0. The fourth-order valence-corrected chi connectivity index (χ4v) is 2.44. The number of aryl methyl sites for hydroxylation is 2. The second-order valence-corrected chi connectivity index (χ2v) is 9.13. The second-order valence-electron chi connectivity index (χ2n) is 9.13. The van der Waals surface area contributed by atoms with Gasteiger partial charge in [-0.05, 0) is 90.8 Å². The normalized spacial score (nSPS) is 13.4. The number of hydrogen-bond acceptors (Lipinski definition) is 6. The van der Waals surface area contributed by atoms with Crippen LogP contribution >= 0.6 is 0 Å². The van der Waals surface area contributed by atoms with Crippen LogP contribution < -0.4 is 17.2 Å². The Morgan fingerprint density at radius 1 is 0.625 bits per heavy atom. The Bertz CT molecular complexity index is 484. The van der Waals surface area contributed by atoms with Gasteiger partial charge in [-0.2, -0.15) is 0 Å². The van der Waals surface area contributed by atoms with Crippen molar-refractivity contribution in [2.75, 3.05) is 0 Å². The molecule has 0 fully saturated rings. The van der Waals surface area contributed by atoms with Crippen molar-refractivity contribution in [3.63, 3.8) is 0 Å². The molecule has 6 N–H and O–H groups in total. The van der Waals surface area contributed by atoms with Gasteiger partial charge in [0, 0.05) is 16.6 Å². The van der Waals surface area contributed by atoms with Crippen LogP contribution in [-0.2, 0) is 19.3 Å². The second kappa shape index (κ2) is 7.85. The molecular weight excluding hydrogens is 300 g/mol. The van der Waals surface area contributed by atoms with Crippen molar-refractivity contribution >= 4 is 0 Å². The van der Waals surface area contributed by atoms with Crippen LogP contribution in [0.1, 0.15) is 77.8 Å². The zero-order valence-corrected chi connectivity index (χ0v) is 16.3. The van der Waals surface area contributed by atoms with Crippen LogP contribution in [0.15, 0.2) is 0 Å². The molecule has 0 saturated heterocycles. The van der Waals surface area contributed by atoms with Gasteiger partial charge in [0.2, 0.25) is 0 Å². The zero-order chi connectivity index (χ0) is 18.6. The summed E-state index contributed by atoms with van der Waals surface area (Å²) in [5, 5.41) is 12.6. The maximum absolute atomic E-state index is 6.17. The maximum Gasteiger partial charge on any atom is 0.0700 e. The van der Waals surface area contributed by atoms with Gasteiger partial charge in [-0.25, -0.2) is 0 Å². The van der Waals surface area contributed by atoms with E-state index in [0.717, 1.165) is 49.9 Å². The van der Waals surface area contributed by atoms with Gasteiger partial charge in [-0.1, -0.05) is 0 Å². The molecule has 6 heteroatoms. The molecule has 1 aromatic rings. The van der Waals surface area contributed by atoms with Crippen molar-refractivity contribution < 1.29 is 0 Å². The van der Waals surface area contributed by atoms with E-state index in [0.29, 0.717) is 0 Å². The van der Waals surface area contributed by atoms with Gasteiger partial charge in [0.1, 0.15) is 0 Å². The summed E-state index contributed by atoms with van der Waals surface area (Å²) >= 11 is 0. The highest BCUT2D eigenvalue weighted by Gasteiger charge is 2.20. The minimum atomic E-state index is -0.227. The maximum atomic E-state index is 6.17. The molecule has 0 aliphatic heterocycles. The first-order valence-electron chi connectivity index (χ1n) is 8.83. The summed E-state index contributed by atoms with van der Waals surface area (Å²) in [5.74, 6) is 0. The van der Waals surface area contributed by atoms with Crippen LogP contribution in [0, 0.1) is 0 Å². The first-order chi connectivity index (χ1) is 10.8. The van der Waals surface area contributed by atoms with Gasteiger partial charge < -0.3 is 17.2 Å². The van der Waals surface area contributed by atoms with E-state index in [2.05, 4.69) is 15.4 Å². The topological polar surface area (TPSA) is 117 Å². The van der Waals surface area contributed by atoms with E-state index < -0.39 is 0 Å². The molecule has 0 amide bonds. The van der Waals surface area contributed by atoms with Crippen molar-refractivity contribution in [2.24, 2.45) is 17.2 Å². The minimum absolute atomic E-state index is 0.224. The van der Waals surface area contributed by atoms with Crippen molar-refractivity contribution in [3.05, 3.63) is 17.0 Å². The molecule has 0 unspecified atom stereocenters. The summed E-state index contributed by atoms with van der Waals surface area (Å²) in [6.45, 7) is 12.2. The third kappa shape index (κ3) is 8.66. The van der Waals surface area contributed by atoms with E-state index in [1.807, 2.05) is 41.5 Å². The number of nitrogens with two attached hydrogens (primary N) is 3. The van der Waals surface area contributed by atoms with Crippen LogP contribution in [0.2, 0.25) is 0 Å². The highest BCUT2D eigenvalue weighted by atomic mass is 15.3. The van der Waals surface area contributed by atoms with Crippen LogP contribution in [0.25, 0.3) is 0 Å². The molecule has 1 aromatic heterocycles. The molecule has 0 atom stereocenters. The molecule has 0 bridgehead atoms. The van der Waals surface area contributed by atoms with Crippen LogP contribution in [0.3, 0.4) is 0 Å². The van der Waals surface area contributed by atoms with Crippen LogP contribution in [0.4, 0.5) is 0 Å². The molecule has 0 spiro atoms. The van der Waals surface area contributed by atoms with Gasteiger partial charge in [-0.3, -0.25) is 0 Å². The van der Waals surface area contributed by atoms with Gasteiger partial charge in [0.05, 0.1) is 11.4 Å². The molecule has 0 aliphatic carbocycles.